The third-order valence-corrected chi connectivity index (χ3v) is 2.86. The lowest BCUT2D eigenvalue weighted by Crippen LogP contribution is -2.25. The monoisotopic (exact) mass is 300 g/mol. The van der Waals surface area contributed by atoms with E-state index < -0.39 is 0 Å². The molecule has 0 fully saturated rings. The molecule has 22 heavy (non-hydrogen) atoms. The molecule has 0 saturated heterocycles. The molecule has 0 atom stereocenters. The van der Waals surface area contributed by atoms with E-state index >= 15 is 0 Å². The van der Waals surface area contributed by atoms with E-state index in [9.17, 15) is 4.79 Å². The third kappa shape index (κ3) is 4.44. The van der Waals surface area contributed by atoms with Gasteiger partial charge in [0.05, 0.1) is 19.0 Å². The van der Waals surface area contributed by atoms with Crippen molar-refractivity contribution in [2.75, 3.05) is 18.5 Å². The summed E-state index contributed by atoms with van der Waals surface area (Å²) in [7, 11) is 0. The first kappa shape index (κ1) is 15.8. The van der Waals surface area contributed by atoms with Gasteiger partial charge in [-0.25, -0.2) is 9.97 Å². The van der Waals surface area contributed by atoms with Crippen LogP contribution in [0.4, 0.5) is 11.5 Å². The average Bonchev–Trinajstić information content (AvgIpc) is 2.55. The number of anilines is 2. The fourth-order valence-corrected chi connectivity index (χ4v) is 1.79. The molecule has 1 aromatic carbocycles. The van der Waals surface area contributed by atoms with Gasteiger partial charge in [-0.05, 0) is 37.6 Å². The second-order valence-electron chi connectivity index (χ2n) is 4.63. The zero-order valence-corrected chi connectivity index (χ0v) is 12.8. The van der Waals surface area contributed by atoms with Gasteiger partial charge < -0.3 is 15.4 Å². The van der Waals surface area contributed by atoms with Gasteiger partial charge in [-0.3, -0.25) is 4.79 Å². The summed E-state index contributed by atoms with van der Waals surface area (Å²) in [5, 5.41) is 5.88. The predicted molar refractivity (Wildman–Crippen MR) is 85.5 cm³/mol. The van der Waals surface area contributed by atoms with Crippen molar-refractivity contribution >= 4 is 17.4 Å². The fraction of sp³-hybridized carbons (Fsp3) is 0.312. The lowest BCUT2D eigenvalue weighted by molar-refractivity contribution is 0.0948. The first-order chi connectivity index (χ1) is 10.7. The van der Waals surface area contributed by atoms with Crippen molar-refractivity contribution in [1.82, 2.24) is 15.3 Å². The molecule has 0 spiro atoms. The number of nitrogens with zero attached hydrogens (tertiary/aromatic N) is 2. The zero-order valence-electron chi connectivity index (χ0n) is 12.8. The summed E-state index contributed by atoms with van der Waals surface area (Å²) < 4.78 is 5.39. The lowest BCUT2D eigenvalue weighted by Gasteiger charge is -2.08. The maximum Gasteiger partial charge on any atom is 0.271 e. The Morgan fingerprint density at radius 2 is 1.91 bits per heavy atom. The Labute approximate surface area is 129 Å². The summed E-state index contributed by atoms with van der Waals surface area (Å²) >= 11 is 0. The fourth-order valence-electron chi connectivity index (χ4n) is 1.79. The SMILES string of the molecule is CCCNC(=O)c1cnc(Nc2ccc(OCC)cc2)cn1. The molecular formula is C16H20N4O2. The van der Waals surface area contributed by atoms with E-state index in [0.717, 1.165) is 17.9 Å². The first-order valence-corrected chi connectivity index (χ1v) is 7.33. The summed E-state index contributed by atoms with van der Waals surface area (Å²) in [5.74, 6) is 1.19. The normalized spacial score (nSPS) is 10.1. The van der Waals surface area contributed by atoms with Crippen LogP contribution in [0.15, 0.2) is 36.7 Å². The predicted octanol–water partition coefficient (Wildman–Crippen LogP) is 2.76. The highest BCUT2D eigenvalue weighted by atomic mass is 16.5. The second-order valence-corrected chi connectivity index (χ2v) is 4.63. The summed E-state index contributed by atoms with van der Waals surface area (Å²) in [5.41, 5.74) is 1.19. The molecule has 1 amide bonds. The molecule has 6 heteroatoms. The molecule has 0 radical (unpaired) electrons. The van der Waals surface area contributed by atoms with Gasteiger partial charge in [0, 0.05) is 12.2 Å². The number of hydrogen-bond donors (Lipinski definition) is 2. The number of ether oxygens (including phenoxy) is 1. The van der Waals surface area contributed by atoms with Gasteiger partial charge in [0.2, 0.25) is 0 Å². The maximum absolute atomic E-state index is 11.7. The van der Waals surface area contributed by atoms with Crippen molar-refractivity contribution in [2.45, 2.75) is 20.3 Å². The van der Waals surface area contributed by atoms with E-state index in [1.54, 1.807) is 0 Å². The van der Waals surface area contributed by atoms with E-state index in [-0.39, 0.29) is 5.91 Å². The van der Waals surface area contributed by atoms with Gasteiger partial charge in [0.15, 0.2) is 0 Å². The molecule has 0 bridgehead atoms. The van der Waals surface area contributed by atoms with Gasteiger partial charge in [-0.2, -0.15) is 0 Å². The van der Waals surface area contributed by atoms with Crippen molar-refractivity contribution < 1.29 is 9.53 Å². The van der Waals surface area contributed by atoms with Crippen molar-refractivity contribution in [1.29, 1.82) is 0 Å². The largest absolute Gasteiger partial charge is 0.494 e. The van der Waals surface area contributed by atoms with Crippen LogP contribution in [-0.2, 0) is 0 Å². The van der Waals surface area contributed by atoms with Crippen molar-refractivity contribution in [3.05, 3.63) is 42.4 Å². The molecule has 2 rings (SSSR count). The topological polar surface area (TPSA) is 76.1 Å². The minimum Gasteiger partial charge on any atom is -0.494 e. The average molecular weight is 300 g/mol. The Balaban J connectivity index is 1.97. The minimum absolute atomic E-state index is 0.207. The summed E-state index contributed by atoms with van der Waals surface area (Å²) in [6, 6.07) is 7.56. The van der Waals surface area contributed by atoms with Crippen molar-refractivity contribution in [3.8, 4) is 5.75 Å². The molecule has 0 aliphatic carbocycles. The molecule has 1 aromatic heterocycles. The van der Waals surface area contributed by atoms with Crippen LogP contribution in [-0.4, -0.2) is 29.0 Å². The van der Waals surface area contributed by atoms with Crippen molar-refractivity contribution in [3.63, 3.8) is 0 Å². The smallest absolute Gasteiger partial charge is 0.271 e. The van der Waals surface area contributed by atoms with Gasteiger partial charge in [-0.1, -0.05) is 6.92 Å². The van der Waals surface area contributed by atoms with Crippen LogP contribution in [0.25, 0.3) is 0 Å². The number of hydrogen-bond acceptors (Lipinski definition) is 5. The van der Waals surface area contributed by atoms with Crippen LogP contribution in [0.3, 0.4) is 0 Å². The third-order valence-electron chi connectivity index (χ3n) is 2.86. The van der Waals surface area contributed by atoms with Gasteiger partial charge in [-0.15, -0.1) is 0 Å². The molecule has 0 aliphatic heterocycles. The summed E-state index contributed by atoms with van der Waals surface area (Å²) in [6.45, 7) is 5.21. The van der Waals surface area contributed by atoms with Crippen molar-refractivity contribution in [2.24, 2.45) is 0 Å². The van der Waals surface area contributed by atoms with Crippen LogP contribution in [0.1, 0.15) is 30.8 Å². The quantitative estimate of drug-likeness (QED) is 0.822. The van der Waals surface area contributed by atoms with Crippen LogP contribution in [0.2, 0.25) is 0 Å². The maximum atomic E-state index is 11.7. The lowest BCUT2D eigenvalue weighted by atomic mass is 10.3. The number of benzene rings is 1. The molecule has 2 aromatic rings. The number of carbonyl (C=O) groups excluding carboxylic acids is 1. The van der Waals surface area contributed by atoms with E-state index in [2.05, 4.69) is 20.6 Å². The molecule has 2 N–H and O–H groups in total. The van der Waals surface area contributed by atoms with Crippen LogP contribution in [0.5, 0.6) is 5.75 Å². The molecular weight excluding hydrogens is 280 g/mol. The number of aromatic nitrogens is 2. The molecule has 6 nitrogen and oxygen atoms in total. The molecule has 0 unspecified atom stereocenters. The second kappa shape index (κ2) is 7.97. The Hall–Kier alpha value is -2.63. The minimum atomic E-state index is -0.207. The Morgan fingerprint density at radius 3 is 2.50 bits per heavy atom. The van der Waals surface area contributed by atoms with Crippen LogP contribution in [0, 0.1) is 0 Å². The first-order valence-electron chi connectivity index (χ1n) is 7.33. The molecule has 0 saturated carbocycles. The number of amides is 1. The van der Waals surface area contributed by atoms with E-state index in [4.69, 9.17) is 4.74 Å². The Bertz CT molecular complexity index is 597. The number of nitrogens with one attached hydrogen (secondary N) is 2. The summed E-state index contributed by atoms with van der Waals surface area (Å²) in [6.07, 6.45) is 3.88. The molecule has 1 heterocycles. The van der Waals surface area contributed by atoms with Crippen LogP contribution < -0.4 is 15.4 Å². The highest BCUT2D eigenvalue weighted by molar-refractivity contribution is 5.92. The highest BCUT2D eigenvalue weighted by Gasteiger charge is 2.07. The highest BCUT2D eigenvalue weighted by Crippen LogP contribution is 2.18. The van der Waals surface area contributed by atoms with Crippen LogP contribution >= 0.6 is 0 Å². The van der Waals surface area contributed by atoms with E-state index in [1.165, 1.54) is 12.4 Å². The Kier molecular flexibility index (Phi) is 5.71. The van der Waals surface area contributed by atoms with Gasteiger partial charge in [0.1, 0.15) is 17.3 Å². The van der Waals surface area contributed by atoms with Gasteiger partial charge >= 0.3 is 0 Å². The number of carbonyl (C=O) groups is 1. The zero-order chi connectivity index (χ0) is 15.8. The number of rotatable bonds is 7. The Morgan fingerprint density at radius 1 is 1.14 bits per heavy atom. The van der Waals surface area contributed by atoms with Gasteiger partial charge in [0.25, 0.3) is 5.91 Å². The summed E-state index contributed by atoms with van der Waals surface area (Å²) in [4.78, 5) is 20.0. The molecule has 0 aliphatic rings. The van der Waals surface area contributed by atoms with E-state index in [1.807, 2.05) is 38.1 Å². The van der Waals surface area contributed by atoms with E-state index in [0.29, 0.717) is 24.7 Å². The molecule has 116 valence electrons. The standard InChI is InChI=1S/C16H20N4O2/c1-3-9-17-16(21)14-10-19-15(11-18-14)20-12-5-7-13(8-6-12)22-4-2/h5-8,10-11H,3-4,9H2,1-2H3,(H,17,21)(H,19,20).